The van der Waals surface area contributed by atoms with Gasteiger partial charge in [0.25, 0.3) is 5.91 Å². The fraction of sp³-hybridized carbons (Fsp3) is 0.400. The van der Waals surface area contributed by atoms with E-state index in [1.807, 2.05) is 48.9 Å². The molecule has 7 nitrogen and oxygen atoms in total. The number of benzene rings is 1. The maximum atomic E-state index is 12.7. The molecular formula is C20H25ClN6OS. The number of nitrogens with zero attached hydrogens (tertiary/aromatic N) is 4. The molecule has 1 amide bonds. The summed E-state index contributed by atoms with van der Waals surface area (Å²) in [6, 6.07) is 10.4. The van der Waals surface area contributed by atoms with Crippen LogP contribution in [-0.4, -0.2) is 39.0 Å². The summed E-state index contributed by atoms with van der Waals surface area (Å²) >= 11 is 1.61. The van der Waals surface area contributed by atoms with Crippen LogP contribution < -0.4 is 10.6 Å². The molecule has 3 heterocycles. The quantitative estimate of drug-likeness (QED) is 0.646. The van der Waals surface area contributed by atoms with Crippen molar-refractivity contribution in [2.45, 2.75) is 39.3 Å². The second kappa shape index (κ2) is 9.47. The average Bonchev–Trinajstić information content (AvgIpc) is 3.30. The van der Waals surface area contributed by atoms with Gasteiger partial charge in [-0.05, 0) is 39.8 Å². The molecule has 0 radical (unpaired) electrons. The summed E-state index contributed by atoms with van der Waals surface area (Å²) in [6.45, 7) is 6.28. The van der Waals surface area contributed by atoms with Crippen molar-refractivity contribution in [2.75, 3.05) is 13.1 Å². The highest BCUT2D eigenvalue weighted by molar-refractivity contribution is 7.15. The van der Waals surface area contributed by atoms with Gasteiger partial charge in [-0.25, -0.2) is 9.67 Å². The van der Waals surface area contributed by atoms with Crippen molar-refractivity contribution in [3.8, 4) is 10.6 Å². The fourth-order valence-corrected chi connectivity index (χ4v) is 4.50. The second-order valence-corrected chi connectivity index (χ2v) is 8.11. The van der Waals surface area contributed by atoms with Gasteiger partial charge in [-0.3, -0.25) is 4.79 Å². The molecule has 2 aromatic heterocycles. The predicted molar refractivity (Wildman–Crippen MR) is 117 cm³/mol. The van der Waals surface area contributed by atoms with Crippen LogP contribution in [0.15, 0.2) is 30.3 Å². The summed E-state index contributed by atoms with van der Waals surface area (Å²) in [6.07, 6.45) is 2.02. The number of carbonyl (C=O) groups is 1. The van der Waals surface area contributed by atoms with Crippen LogP contribution in [0.25, 0.3) is 10.6 Å². The van der Waals surface area contributed by atoms with Gasteiger partial charge in [-0.2, -0.15) is 0 Å². The first-order valence-corrected chi connectivity index (χ1v) is 10.4. The van der Waals surface area contributed by atoms with Crippen molar-refractivity contribution >= 4 is 29.7 Å². The average molecular weight is 433 g/mol. The predicted octanol–water partition coefficient (Wildman–Crippen LogP) is 3.29. The number of aryl methyl sites for hydroxylation is 1. The summed E-state index contributed by atoms with van der Waals surface area (Å²) in [5.74, 6) is -0.188. The number of piperidine rings is 1. The van der Waals surface area contributed by atoms with Crippen molar-refractivity contribution in [1.82, 2.24) is 30.6 Å². The van der Waals surface area contributed by atoms with Gasteiger partial charge < -0.3 is 10.6 Å². The van der Waals surface area contributed by atoms with E-state index in [2.05, 4.69) is 25.9 Å². The Morgan fingerprint density at radius 1 is 1.24 bits per heavy atom. The van der Waals surface area contributed by atoms with Crippen LogP contribution in [0.3, 0.4) is 0 Å². The molecule has 0 unspecified atom stereocenters. The molecule has 1 saturated heterocycles. The van der Waals surface area contributed by atoms with Gasteiger partial charge >= 0.3 is 0 Å². The number of thiazole rings is 1. The number of nitrogens with one attached hydrogen (secondary N) is 2. The van der Waals surface area contributed by atoms with Crippen molar-refractivity contribution < 1.29 is 4.79 Å². The van der Waals surface area contributed by atoms with Gasteiger partial charge in [0.05, 0.1) is 24.0 Å². The Hall–Kier alpha value is -2.29. The van der Waals surface area contributed by atoms with Crippen molar-refractivity contribution in [2.24, 2.45) is 0 Å². The zero-order valence-electron chi connectivity index (χ0n) is 16.5. The van der Waals surface area contributed by atoms with E-state index in [-0.39, 0.29) is 18.3 Å². The molecule has 154 valence electrons. The molecule has 29 heavy (non-hydrogen) atoms. The normalized spacial score (nSPS) is 14.4. The molecule has 1 aliphatic rings. The van der Waals surface area contributed by atoms with E-state index in [1.165, 1.54) is 0 Å². The number of halogens is 1. The van der Waals surface area contributed by atoms with Gasteiger partial charge in [0, 0.05) is 10.4 Å². The maximum absolute atomic E-state index is 12.7. The van der Waals surface area contributed by atoms with Crippen LogP contribution in [0.4, 0.5) is 0 Å². The second-order valence-electron chi connectivity index (χ2n) is 7.03. The van der Waals surface area contributed by atoms with Crippen molar-refractivity contribution in [1.29, 1.82) is 0 Å². The van der Waals surface area contributed by atoms with Crippen LogP contribution in [0.1, 0.15) is 45.6 Å². The lowest BCUT2D eigenvalue weighted by molar-refractivity contribution is 0.0945. The van der Waals surface area contributed by atoms with E-state index in [1.54, 1.807) is 11.3 Å². The molecule has 0 atom stereocenters. The molecule has 1 fully saturated rings. The minimum absolute atomic E-state index is 0. The minimum Gasteiger partial charge on any atom is -0.346 e. The molecule has 0 spiro atoms. The standard InChI is InChI=1S/C20H24N6OS.ClH/c1-13-17(28-20(23-13)15-6-4-3-5-7-15)12-22-19(27)18-14(2)26(25-24-18)16-8-10-21-11-9-16;/h3-7,16,21H,8-12H2,1-2H3,(H,22,27);1H. The number of hydrogen-bond donors (Lipinski definition) is 2. The van der Waals surface area contributed by atoms with Gasteiger partial charge in [-0.15, -0.1) is 28.8 Å². The monoisotopic (exact) mass is 432 g/mol. The molecule has 9 heteroatoms. The van der Waals surface area contributed by atoms with E-state index < -0.39 is 0 Å². The highest BCUT2D eigenvalue weighted by Gasteiger charge is 2.23. The topological polar surface area (TPSA) is 84.7 Å². The fourth-order valence-electron chi connectivity index (χ4n) is 3.49. The third kappa shape index (κ3) is 4.66. The lowest BCUT2D eigenvalue weighted by Gasteiger charge is -2.23. The molecule has 0 bridgehead atoms. The van der Waals surface area contributed by atoms with Crippen LogP contribution in [0, 0.1) is 13.8 Å². The van der Waals surface area contributed by atoms with Crippen LogP contribution in [-0.2, 0) is 6.54 Å². The van der Waals surface area contributed by atoms with Gasteiger partial charge in [0.2, 0.25) is 0 Å². The molecular weight excluding hydrogens is 408 g/mol. The Labute approximate surface area is 180 Å². The zero-order valence-corrected chi connectivity index (χ0v) is 18.1. The van der Waals surface area contributed by atoms with E-state index in [0.29, 0.717) is 18.3 Å². The van der Waals surface area contributed by atoms with E-state index in [9.17, 15) is 4.79 Å². The van der Waals surface area contributed by atoms with E-state index in [4.69, 9.17) is 0 Å². The van der Waals surface area contributed by atoms with Crippen LogP contribution in [0.5, 0.6) is 0 Å². The number of amides is 1. The van der Waals surface area contributed by atoms with Gasteiger partial charge in [-0.1, -0.05) is 35.5 Å². The molecule has 2 N–H and O–H groups in total. The molecule has 4 rings (SSSR count). The van der Waals surface area contributed by atoms with Gasteiger partial charge in [0.15, 0.2) is 5.69 Å². The van der Waals surface area contributed by atoms with E-state index in [0.717, 1.165) is 52.8 Å². The summed E-state index contributed by atoms with van der Waals surface area (Å²) in [5, 5.41) is 15.7. The van der Waals surface area contributed by atoms with Crippen LogP contribution in [0.2, 0.25) is 0 Å². The number of aromatic nitrogens is 4. The summed E-state index contributed by atoms with van der Waals surface area (Å²) < 4.78 is 1.90. The highest BCUT2D eigenvalue weighted by atomic mass is 35.5. The third-order valence-electron chi connectivity index (χ3n) is 5.12. The maximum Gasteiger partial charge on any atom is 0.274 e. The highest BCUT2D eigenvalue weighted by Crippen LogP contribution is 2.27. The smallest absolute Gasteiger partial charge is 0.274 e. The molecule has 0 saturated carbocycles. The SMILES string of the molecule is Cc1nc(-c2ccccc2)sc1CNC(=O)c1nnn(C2CCNCC2)c1C.Cl. The van der Waals surface area contributed by atoms with Gasteiger partial charge in [0.1, 0.15) is 5.01 Å². The first-order valence-electron chi connectivity index (χ1n) is 9.56. The largest absolute Gasteiger partial charge is 0.346 e. The number of rotatable bonds is 5. The Morgan fingerprint density at radius 3 is 2.69 bits per heavy atom. The van der Waals surface area contributed by atoms with E-state index >= 15 is 0 Å². The first kappa shape index (κ1) is 21.4. The lowest BCUT2D eigenvalue weighted by Crippen LogP contribution is -2.30. The zero-order chi connectivity index (χ0) is 19.5. The first-order chi connectivity index (χ1) is 13.6. The molecule has 0 aliphatic carbocycles. The third-order valence-corrected chi connectivity index (χ3v) is 6.33. The molecule has 1 aromatic carbocycles. The minimum atomic E-state index is -0.188. The Kier molecular flexibility index (Phi) is 7.00. The van der Waals surface area contributed by atoms with Crippen LogP contribution >= 0.6 is 23.7 Å². The summed E-state index contributed by atoms with van der Waals surface area (Å²) in [5.41, 5.74) is 3.27. The number of hydrogen-bond acceptors (Lipinski definition) is 6. The summed E-state index contributed by atoms with van der Waals surface area (Å²) in [4.78, 5) is 18.4. The van der Waals surface area contributed by atoms with Crippen molar-refractivity contribution in [3.05, 3.63) is 52.3 Å². The number of carbonyl (C=O) groups excluding carboxylic acids is 1. The summed E-state index contributed by atoms with van der Waals surface area (Å²) in [7, 11) is 0. The molecule has 1 aliphatic heterocycles. The Morgan fingerprint density at radius 2 is 1.97 bits per heavy atom. The molecule has 3 aromatic rings. The Balaban J connectivity index is 0.00000240. The van der Waals surface area contributed by atoms with Crippen molar-refractivity contribution in [3.63, 3.8) is 0 Å². The lowest BCUT2D eigenvalue weighted by atomic mass is 10.1. The Bertz CT molecular complexity index is 965.